The highest BCUT2D eigenvalue weighted by Crippen LogP contribution is 2.08. The third-order valence-electron chi connectivity index (χ3n) is 2.71. The molecule has 0 spiro atoms. The Morgan fingerprint density at radius 3 is 2.22 bits per heavy atom. The Bertz CT molecular complexity index is 255. The summed E-state index contributed by atoms with van der Waals surface area (Å²) in [7, 11) is 0. The number of amides is 2. The van der Waals surface area contributed by atoms with Crippen LogP contribution in [0.15, 0.2) is 0 Å². The molecular formula is C13H26N2O3. The zero-order valence-corrected chi connectivity index (χ0v) is 11.7. The topological polar surface area (TPSA) is 78.4 Å². The van der Waals surface area contributed by atoms with Gasteiger partial charge < -0.3 is 15.7 Å². The van der Waals surface area contributed by atoms with Crippen LogP contribution in [0.3, 0.4) is 0 Å². The molecule has 0 heterocycles. The number of carbonyl (C=O) groups is 2. The summed E-state index contributed by atoms with van der Waals surface area (Å²) in [6, 6.07) is -1.26. The number of unbranched alkanes of at least 4 members (excludes halogenated alkanes) is 3. The molecule has 0 saturated heterocycles. The van der Waals surface area contributed by atoms with E-state index >= 15 is 0 Å². The van der Waals surface area contributed by atoms with Gasteiger partial charge >= 0.3 is 12.0 Å². The zero-order chi connectivity index (χ0) is 14.0. The van der Waals surface area contributed by atoms with Crippen LogP contribution >= 0.6 is 0 Å². The van der Waals surface area contributed by atoms with Crippen molar-refractivity contribution < 1.29 is 14.7 Å². The number of hydrogen-bond acceptors (Lipinski definition) is 2. The summed E-state index contributed by atoms with van der Waals surface area (Å²) in [5, 5.41) is 13.6. The van der Waals surface area contributed by atoms with E-state index in [1.54, 1.807) is 0 Å². The van der Waals surface area contributed by atoms with Crippen LogP contribution < -0.4 is 10.6 Å². The maximum absolute atomic E-state index is 11.3. The van der Waals surface area contributed by atoms with E-state index in [2.05, 4.69) is 24.5 Å². The molecule has 0 aromatic rings. The molecule has 0 radical (unpaired) electrons. The third kappa shape index (κ3) is 9.93. The van der Waals surface area contributed by atoms with Gasteiger partial charge in [-0.3, -0.25) is 4.79 Å². The number of nitrogens with one attached hydrogen (secondary N) is 2. The third-order valence-corrected chi connectivity index (χ3v) is 2.71. The van der Waals surface area contributed by atoms with Crippen molar-refractivity contribution >= 4 is 12.0 Å². The molecule has 1 atom stereocenters. The number of aliphatic carboxylic acids is 1. The maximum Gasteiger partial charge on any atom is 0.325 e. The van der Waals surface area contributed by atoms with Gasteiger partial charge in [0.15, 0.2) is 0 Å². The molecule has 0 aromatic heterocycles. The number of hydrogen-bond donors (Lipinski definition) is 3. The highest BCUT2D eigenvalue weighted by Gasteiger charge is 2.12. The Morgan fingerprint density at radius 1 is 1.06 bits per heavy atom. The van der Waals surface area contributed by atoms with Gasteiger partial charge in [0.25, 0.3) is 0 Å². The van der Waals surface area contributed by atoms with Crippen LogP contribution in [0.25, 0.3) is 0 Å². The van der Waals surface area contributed by atoms with Gasteiger partial charge in [-0.05, 0) is 19.3 Å². The number of carboxylic acid groups (broad SMARTS) is 1. The molecule has 0 fully saturated rings. The Hall–Kier alpha value is -1.26. The van der Waals surface area contributed by atoms with Crippen molar-refractivity contribution in [1.82, 2.24) is 10.6 Å². The first-order valence-electron chi connectivity index (χ1n) is 6.70. The number of carboxylic acids is 1. The summed E-state index contributed by atoms with van der Waals surface area (Å²) in [4.78, 5) is 21.7. The Morgan fingerprint density at radius 2 is 1.67 bits per heavy atom. The van der Waals surface area contributed by atoms with E-state index in [1.807, 2.05) is 0 Å². The van der Waals surface area contributed by atoms with Crippen molar-refractivity contribution in [1.29, 1.82) is 0 Å². The molecule has 0 aromatic carbocycles. The van der Waals surface area contributed by atoms with Crippen LogP contribution in [0.4, 0.5) is 4.79 Å². The van der Waals surface area contributed by atoms with Gasteiger partial charge in [0.1, 0.15) is 6.04 Å². The lowest BCUT2D eigenvalue weighted by Gasteiger charge is -2.10. The summed E-state index contributed by atoms with van der Waals surface area (Å²) < 4.78 is 0. The minimum atomic E-state index is -1.03. The molecule has 0 saturated carbocycles. The average Bonchev–Trinajstić information content (AvgIpc) is 2.27. The molecule has 0 bridgehead atoms. The lowest BCUT2D eigenvalue weighted by atomic mass is 10.0. The molecule has 2 amide bonds. The fraction of sp³-hybridized carbons (Fsp3) is 0.846. The molecule has 0 unspecified atom stereocenters. The number of urea groups is 1. The number of carbonyl (C=O) groups excluding carboxylic acids is 1. The van der Waals surface area contributed by atoms with Crippen LogP contribution in [0.1, 0.15) is 52.9 Å². The van der Waals surface area contributed by atoms with Gasteiger partial charge in [0, 0.05) is 6.54 Å². The molecule has 106 valence electrons. The minimum absolute atomic E-state index is 0.410. The molecule has 18 heavy (non-hydrogen) atoms. The van der Waals surface area contributed by atoms with Crippen LogP contribution in [0.5, 0.6) is 0 Å². The van der Waals surface area contributed by atoms with Crippen LogP contribution in [-0.2, 0) is 4.79 Å². The Labute approximate surface area is 109 Å². The van der Waals surface area contributed by atoms with Crippen LogP contribution in [-0.4, -0.2) is 29.7 Å². The average molecular weight is 258 g/mol. The summed E-state index contributed by atoms with van der Waals surface area (Å²) in [5.74, 6) is -0.273. The smallest absolute Gasteiger partial charge is 0.325 e. The molecule has 3 N–H and O–H groups in total. The molecule has 0 aliphatic heterocycles. The van der Waals surface area contributed by atoms with Crippen molar-refractivity contribution in [2.75, 3.05) is 6.54 Å². The first-order valence-corrected chi connectivity index (χ1v) is 6.70. The minimum Gasteiger partial charge on any atom is -0.480 e. The van der Waals surface area contributed by atoms with E-state index in [4.69, 9.17) is 5.11 Å². The normalized spacial score (nSPS) is 12.2. The lowest BCUT2D eigenvalue weighted by Crippen LogP contribution is -2.44. The molecule has 0 rings (SSSR count). The Balaban J connectivity index is 3.38. The van der Waals surface area contributed by atoms with Crippen LogP contribution in [0.2, 0.25) is 0 Å². The first kappa shape index (κ1) is 16.7. The summed E-state index contributed by atoms with van der Waals surface area (Å²) in [6.45, 7) is 6.47. The SMILES string of the molecule is CC(C)CCCCCCNC(=O)N[C@@H](C)C(=O)O. The van der Waals surface area contributed by atoms with Crippen LogP contribution in [0, 0.1) is 5.92 Å². The predicted octanol–water partition coefficient (Wildman–Crippen LogP) is 2.37. The highest BCUT2D eigenvalue weighted by molar-refractivity contribution is 5.82. The van der Waals surface area contributed by atoms with E-state index in [0.29, 0.717) is 6.54 Å². The second kappa shape index (κ2) is 9.74. The summed E-state index contributed by atoms with van der Waals surface area (Å²) in [6.07, 6.45) is 5.71. The first-order chi connectivity index (χ1) is 8.43. The fourth-order valence-electron chi connectivity index (χ4n) is 1.54. The van der Waals surface area contributed by atoms with Gasteiger partial charge in [0.05, 0.1) is 0 Å². The molecular weight excluding hydrogens is 232 g/mol. The molecule has 5 nitrogen and oxygen atoms in total. The fourth-order valence-corrected chi connectivity index (χ4v) is 1.54. The van der Waals surface area contributed by atoms with Gasteiger partial charge in [-0.1, -0.05) is 39.5 Å². The lowest BCUT2D eigenvalue weighted by molar-refractivity contribution is -0.138. The van der Waals surface area contributed by atoms with Crippen molar-refractivity contribution in [2.24, 2.45) is 5.92 Å². The second-order valence-corrected chi connectivity index (χ2v) is 5.06. The van der Waals surface area contributed by atoms with E-state index in [1.165, 1.54) is 26.2 Å². The van der Waals surface area contributed by atoms with Gasteiger partial charge in [-0.15, -0.1) is 0 Å². The van der Waals surface area contributed by atoms with Gasteiger partial charge in [-0.25, -0.2) is 4.79 Å². The molecule has 0 aliphatic carbocycles. The zero-order valence-electron chi connectivity index (χ0n) is 11.7. The highest BCUT2D eigenvalue weighted by atomic mass is 16.4. The number of rotatable bonds is 9. The van der Waals surface area contributed by atoms with Crippen molar-refractivity contribution in [3.63, 3.8) is 0 Å². The summed E-state index contributed by atoms with van der Waals surface area (Å²) in [5.41, 5.74) is 0. The standard InChI is InChI=1S/C13H26N2O3/c1-10(2)8-6-4-5-7-9-14-13(18)15-11(3)12(16)17/h10-11H,4-9H2,1-3H3,(H,16,17)(H2,14,15,18)/t11-/m0/s1. The van der Waals surface area contributed by atoms with Crippen molar-refractivity contribution in [3.8, 4) is 0 Å². The largest absolute Gasteiger partial charge is 0.480 e. The van der Waals surface area contributed by atoms with E-state index < -0.39 is 18.0 Å². The van der Waals surface area contributed by atoms with Gasteiger partial charge in [-0.2, -0.15) is 0 Å². The maximum atomic E-state index is 11.3. The second-order valence-electron chi connectivity index (χ2n) is 5.06. The van der Waals surface area contributed by atoms with E-state index in [0.717, 1.165) is 18.8 Å². The summed E-state index contributed by atoms with van der Waals surface area (Å²) >= 11 is 0. The van der Waals surface area contributed by atoms with E-state index in [-0.39, 0.29) is 0 Å². The quantitative estimate of drug-likeness (QED) is 0.555. The monoisotopic (exact) mass is 258 g/mol. The van der Waals surface area contributed by atoms with E-state index in [9.17, 15) is 9.59 Å². The van der Waals surface area contributed by atoms with Crippen molar-refractivity contribution in [2.45, 2.75) is 58.9 Å². The van der Waals surface area contributed by atoms with Crippen molar-refractivity contribution in [3.05, 3.63) is 0 Å². The molecule has 0 aliphatic rings. The van der Waals surface area contributed by atoms with Gasteiger partial charge in [0.2, 0.25) is 0 Å². The molecule has 5 heteroatoms. The Kier molecular flexibility index (Phi) is 9.06. The predicted molar refractivity (Wildman–Crippen MR) is 71.6 cm³/mol.